The van der Waals surface area contributed by atoms with Gasteiger partial charge in [-0.25, -0.2) is 0 Å². The summed E-state index contributed by atoms with van der Waals surface area (Å²) in [6.07, 6.45) is 7.95. The smallest absolute Gasteiger partial charge is 0.311 e. The molecular formula is C21H30N2O3. The van der Waals surface area contributed by atoms with Crippen molar-refractivity contribution in [3.05, 3.63) is 23.3 Å². The van der Waals surface area contributed by atoms with E-state index < -0.39 is 0 Å². The van der Waals surface area contributed by atoms with Crippen LogP contribution in [0.4, 0.5) is 0 Å². The van der Waals surface area contributed by atoms with Crippen LogP contribution in [0.15, 0.2) is 23.3 Å². The molecule has 0 aromatic rings. The van der Waals surface area contributed by atoms with Crippen LogP contribution < -0.4 is 0 Å². The normalized spacial score (nSPS) is 37.4. The first-order valence-corrected chi connectivity index (χ1v) is 9.95. The number of piperazine rings is 1. The van der Waals surface area contributed by atoms with Crippen molar-refractivity contribution < 1.29 is 14.3 Å². The van der Waals surface area contributed by atoms with Crippen LogP contribution in [0.3, 0.4) is 0 Å². The lowest BCUT2D eigenvalue weighted by atomic mass is 9.62. The Balaban J connectivity index is 1.50. The molecule has 5 heteroatoms. The van der Waals surface area contributed by atoms with E-state index in [9.17, 15) is 9.59 Å². The topological polar surface area (TPSA) is 49.9 Å². The second-order valence-corrected chi connectivity index (χ2v) is 8.74. The zero-order valence-corrected chi connectivity index (χ0v) is 16.2. The fraction of sp³-hybridized carbons (Fsp3) is 0.714. The Kier molecular flexibility index (Phi) is 4.46. The molecule has 2 fully saturated rings. The van der Waals surface area contributed by atoms with Crippen LogP contribution in [0.25, 0.3) is 0 Å². The number of carbonyl (C=O) groups excluding carboxylic acids is 2. The van der Waals surface area contributed by atoms with Crippen LogP contribution in [0.1, 0.15) is 40.0 Å². The molecule has 4 rings (SSSR count). The van der Waals surface area contributed by atoms with Gasteiger partial charge in [0.2, 0.25) is 5.91 Å². The first kappa shape index (κ1) is 17.8. The number of nitrogens with zero attached hydrogens (tertiary/aromatic N) is 2. The maximum atomic E-state index is 12.6. The quantitative estimate of drug-likeness (QED) is 0.711. The highest BCUT2D eigenvalue weighted by Gasteiger charge is 2.51. The van der Waals surface area contributed by atoms with Gasteiger partial charge in [0.1, 0.15) is 6.10 Å². The zero-order valence-electron chi connectivity index (χ0n) is 16.2. The summed E-state index contributed by atoms with van der Waals surface area (Å²) in [5, 5.41) is 0. The number of esters is 1. The molecule has 2 saturated heterocycles. The predicted octanol–water partition coefficient (Wildman–Crippen LogP) is 2.38. The lowest BCUT2D eigenvalue weighted by Gasteiger charge is -2.43. The number of hydrogen-bond donors (Lipinski definition) is 0. The van der Waals surface area contributed by atoms with Gasteiger partial charge in [-0.15, -0.1) is 0 Å². The number of rotatable bonds is 2. The monoisotopic (exact) mass is 358 g/mol. The Morgan fingerprint density at radius 1 is 1.31 bits per heavy atom. The molecule has 0 aromatic carbocycles. The van der Waals surface area contributed by atoms with Gasteiger partial charge in [0.05, 0.1) is 5.92 Å². The van der Waals surface area contributed by atoms with Crippen molar-refractivity contribution in [3.8, 4) is 0 Å². The standard InChI is InChI=1S/C21H30N2O3/c1-14-5-4-6-21(3)12-19-16(11-18(14)21)17(20(25)26-19)13-22-7-9-23(10-8-22)15(2)24/h5,11,16-17,19H,4,6-10,12-13H2,1-3H3/t16-,17+,19-,21-/m1/s1. The van der Waals surface area contributed by atoms with Crippen molar-refractivity contribution in [1.29, 1.82) is 0 Å². The zero-order chi connectivity index (χ0) is 18.5. The molecule has 4 aliphatic rings. The van der Waals surface area contributed by atoms with Gasteiger partial charge in [0.15, 0.2) is 0 Å². The Bertz CT molecular complexity index is 675. The van der Waals surface area contributed by atoms with Crippen molar-refractivity contribution in [3.63, 3.8) is 0 Å². The van der Waals surface area contributed by atoms with Crippen LogP contribution >= 0.6 is 0 Å². The summed E-state index contributed by atoms with van der Waals surface area (Å²) in [5.74, 6) is 0.226. The Morgan fingerprint density at radius 2 is 2.04 bits per heavy atom. The summed E-state index contributed by atoms with van der Waals surface area (Å²) >= 11 is 0. The third kappa shape index (κ3) is 3.00. The molecule has 0 saturated carbocycles. The van der Waals surface area contributed by atoms with Crippen LogP contribution in [0.5, 0.6) is 0 Å². The molecule has 5 nitrogen and oxygen atoms in total. The van der Waals surface area contributed by atoms with Crippen molar-refractivity contribution >= 4 is 11.9 Å². The van der Waals surface area contributed by atoms with Crippen molar-refractivity contribution in [2.75, 3.05) is 32.7 Å². The highest BCUT2D eigenvalue weighted by molar-refractivity contribution is 5.76. The number of ether oxygens (including phenoxy) is 1. The maximum Gasteiger partial charge on any atom is 0.311 e. The summed E-state index contributed by atoms with van der Waals surface area (Å²) in [6, 6.07) is 0. The van der Waals surface area contributed by atoms with Gasteiger partial charge >= 0.3 is 5.97 Å². The fourth-order valence-electron chi connectivity index (χ4n) is 5.36. The van der Waals surface area contributed by atoms with Crippen LogP contribution in [-0.2, 0) is 14.3 Å². The SMILES string of the molecule is CC(=O)N1CCN(C[C@@H]2C(=O)O[C@@H]3C[C@@]4(C)CCC=C(C)C4=C[C@H]23)CC1. The van der Waals surface area contributed by atoms with Crippen molar-refractivity contribution in [1.82, 2.24) is 9.80 Å². The highest BCUT2D eigenvalue weighted by atomic mass is 16.6. The van der Waals surface area contributed by atoms with E-state index >= 15 is 0 Å². The minimum atomic E-state index is -0.0735. The van der Waals surface area contributed by atoms with Crippen LogP contribution in [0.2, 0.25) is 0 Å². The van der Waals surface area contributed by atoms with Gasteiger partial charge in [-0.05, 0) is 37.2 Å². The number of fused-ring (bicyclic) bond motifs is 2. The number of allylic oxidation sites excluding steroid dienone is 3. The third-order valence-corrected chi connectivity index (χ3v) is 6.97. The van der Waals surface area contributed by atoms with E-state index in [1.165, 1.54) is 11.1 Å². The molecule has 0 radical (unpaired) electrons. The number of carbonyl (C=O) groups is 2. The highest BCUT2D eigenvalue weighted by Crippen LogP contribution is 2.52. The first-order chi connectivity index (χ1) is 12.4. The van der Waals surface area contributed by atoms with E-state index in [0.717, 1.165) is 52.0 Å². The Labute approximate surface area is 156 Å². The van der Waals surface area contributed by atoms with E-state index in [2.05, 4.69) is 30.9 Å². The second-order valence-electron chi connectivity index (χ2n) is 8.74. The van der Waals surface area contributed by atoms with E-state index in [4.69, 9.17) is 4.74 Å². The molecule has 2 aliphatic carbocycles. The molecule has 0 spiro atoms. The van der Waals surface area contributed by atoms with Gasteiger partial charge in [-0.3, -0.25) is 14.5 Å². The minimum absolute atomic E-state index is 0.0327. The van der Waals surface area contributed by atoms with Gasteiger partial charge < -0.3 is 9.64 Å². The molecule has 142 valence electrons. The van der Waals surface area contributed by atoms with Gasteiger partial charge in [-0.2, -0.15) is 0 Å². The summed E-state index contributed by atoms with van der Waals surface area (Å²) in [4.78, 5) is 28.3. The third-order valence-electron chi connectivity index (χ3n) is 6.97. The molecule has 0 bridgehead atoms. The summed E-state index contributed by atoms with van der Waals surface area (Å²) in [5.41, 5.74) is 2.97. The molecule has 0 unspecified atom stereocenters. The van der Waals surface area contributed by atoms with Gasteiger partial charge in [0.25, 0.3) is 0 Å². The average molecular weight is 358 g/mol. The van der Waals surface area contributed by atoms with Crippen molar-refractivity contribution in [2.24, 2.45) is 17.3 Å². The molecule has 0 N–H and O–H groups in total. The minimum Gasteiger partial charge on any atom is -0.461 e. The van der Waals surface area contributed by atoms with E-state index in [-0.39, 0.29) is 35.2 Å². The molecule has 1 amide bonds. The fourth-order valence-corrected chi connectivity index (χ4v) is 5.36. The Morgan fingerprint density at radius 3 is 2.73 bits per heavy atom. The molecule has 26 heavy (non-hydrogen) atoms. The van der Waals surface area contributed by atoms with E-state index in [1.54, 1.807) is 6.92 Å². The molecule has 0 aromatic heterocycles. The maximum absolute atomic E-state index is 12.6. The van der Waals surface area contributed by atoms with Crippen molar-refractivity contribution in [2.45, 2.75) is 46.1 Å². The Hall–Kier alpha value is -1.62. The number of amides is 1. The summed E-state index contributed by atoms with van der Waals surface area (Å²) in [7, 11) is 0. The largest absolute Gasteiger partial charge is 0.461 e. The first-order valence-electron chi connectivity index (χ1n) is 9.95. The second kappa shape index (κ2) is 6.52. The predicted molar refractivity (Wildman–Crippen MR) is 99.4 cm³/mol. The molecular weight excluding hydrogens is 328 g/mol. The van der Waals surface area contributed by atoms with E-state index in [1.807, 2.05) is 4.90 Å². The van der Waals surface area contributed by atoms with Crippen LogP contribution in [0, 0.1) is 17.3 Å². The van der Waals surface area contributed by atoms with Gasteiger partial charge in [0, 0.05) is 45.6 Å². The van der Waals surface area contributed by atoms with Crippen LogP contribution in [-0.4, -0.2) is 60.5 Å². The van der Waals surface area contributed by atoms with Gasteiger partial charge in [-0.1, -0.05) is 24.6 Å². The average Bonchev–Trinajstić information content (AvgIpc) is 2.88. The molecule has 2 heterocycles. The summed E-state index contributed by atoms with van der Waals surface area (Å²) < 4.78 is 5.83. The van der Waals surface area contributed by atoms with E-state index in [0.29, 0.717) is 0 Å². The molecule has 2 aliphatic heterocycles. The number of hydrogen-bond acceptors (Lipinski definition) is 4. The lowest BCUT2D eigenvalue weighted by molar-refractivity contribution is -0.146. The summed E-state index contributed by atoms with van der Waals surface area (Å²) in [6.45, 7) is 10.1. The molecule has 4 atom stereocenters. The lowest BCUT2D eigenvalue weighted by Crippen LogP contribution is -2.50.